The van der Waals surface area contributed by atoms with Gasteiger partial charge in [-0.25, -0.2) is 4.39 Å². The maximum Gasteiger partial charge on any atom is 0.416 e. The lowest BCUT2D eigenvalue weighted by Gasteiger charge is -2.11. The van der Waals surface area contributed by atoms with Crippen LogP contribution in [0.15, 0.2) is 54.4 Å². The zero-order valence-corrected chi connectivity index (χ0v) is 17.4. The number of halogens is 4. The fraction of sp³-hybridized carbons (Fsp3) is 0.261. The first-order valence-electron chi connectivity index (χ1n) is 9.61. The molecular formula is C23H23F4N3O. The summed E-state index contributed by atoms with van der Waals surface area (Å²) in [6.45, 7) is 1.64. The largest absolute Gasteiger partial charge is 0.416 e. The van der Waals surface area contributed by atoms with Gasteiger partial charge < -0.3 is 15.2 Å². The Balaban J connectivity index is 2.30. The minimum Gasteiger partial charge on any atom is -0.345 e. The van der Waals surface area contributed by atoms with Crippen LogP contribution in [0.5, 0.6) is 0 Å². The first kappa shape index (κ1) is 22.6. The van der Waals surface area contributed by atoms with E-state index in [0.29, 0.717) is 33.3 Å². The van der Waals surface area contributed by atoms with E-state index in [4.69, 9.17) is 5.73 Å². The molecule has 3 rings (SSSR count). The van der Waals surface area contributed by atoms with Crippen molar-refractivity contribution in [3.8, 4) is 11.1 Å². The van der Waals surface area contributed by atoms with Crippen molar-refractivity contribution < 1.29 is 22.4 Å². The minimum atomic E-state index is -4.50. The molecule has 0 bridgehead atoms. The summed E-state index contributed by atoms with van der Waals surface area (Å²) in [6.07, 6.45) is -3.25. The van der Waals surface area contributed by atoms with Gasteiger partial charge in [-0.2, -0.15) is 13.2 Å². The molecule has 0 aliphatic rings. The van der Waals surface area contributed by atoms with E-state index in [1.54, 1.807) is 49.9 Å². The number of hydrogen-bond acceptors (Lipinski definition) is 2. The molecule has 4 nitrogen and oxygen atoms in total. The molecule has 1 heterocycles. The predicted molar refractivity (Wildman–Crippen MR) is 113 cm³/mol. The topological polar surface area (TPSA) is 51.3 Å². The third-order valence-electron chi connectivity index (χ3n) is 5.10. The fourth-order valence-corrected chi connectivity index (χ4v) is 3.64. The van der Waals surface area contributed by atoms with Gasteiger partial charge in [0, 0.05) is 48.4 Å². The molecule has 8 heteroatoms. The molecule has 0 aliphatic carbocycles. The summed E-state index contributed by atoms with van der Waals surface area (Å²) >= 11 is 0. The third-order valence-corrected chi connectivity index (χ3v) is 5.10. The molecule has 1 aromatic heterocycles. The summed E-state index contributed by atoms with van der Waals surface area (Å²) in [6, 6.07) is 9.94. The van der Waals surface area contributed by atoms with Gasteiger partial charge in [-0.15, -0.1) is 0 Å². The van der Waals surface area contributed by atoms with Gasteiger partial charge in [0.15, 0.2) is 0 Å². The van der Waals surface area contributed by atoms with Crippen LogP contribution >= 0.6 is 0 Å². The van der Waals surface area contributed by atoms with Crippen LogP contribution in [0.1, 0.15) is 21.6 Å². The highest BCUT2D eigenvalue weighted by molar-refractivity contribution is 6.04. The van der Waals surface area contributed by atoms with Gasteiger partial charge in [-0.1, -0.05) is 12.1 Å². The Morgan fingerprint density at radius 1 is 1.16 bits per heavy atom. The predicted octanol–water partition coefficient (Wildman–Crippen LogP) is 5.15. The molecule has 2 N–H and O–H groups in total. The highest BCUT2D eigenvalue weighted by atomic mass is 19.4. The first-order valence-corrected chi connectivity index (χ1v) is 9.61. The maximum absolute atomic E-state index is 14.3. The number of carbonyl (C=O) groups is 1. The van der Waals surface area contributed by atoms with Crippen LogP contribution < -0.4 is 5.73 Å². The second-order valence-electron chi connectivity index (χ2n) is 7.44. The van der Waals surface area contributed by atoms with Crippen LogP contribution in [-0.4, -0.2) is 36.0 Å². The second-order valence-corrected chi connectivity index (χ2v) is 7.44. The molecule has 0 saturated heterocycles. The molecule has 2 aromatic carbocycles. The molecule has 0 atom stereocenters. The number of fused-ring (bicyclic) bond motifs is 1. The van der Waals surface area contributed by atoms with Crippen molar-refractivity contribution in [2.24, 2.45) is 5.73 Å². The summed E-state index contributed by atoms with van der Waals surface area (Å²) in [5.74, 6) is -0.692. The lowest BCUT2D eigenvalue weighted by molar-refractivity contribution is -0.137. The smallest absolute Gasteiger partial charge is 0.345 e. The van der Waals surface area contributed by atoms with E-state index < -0.39 is 17.6 Å². The van der Waals surface area contributed by atoms with Crippen LogP contribution in [0.3, 0.4) is 0 Å². The van der Waals surface area contributed by atoms with E-state index in [1.807, 2.05) is 0 Å². The molecule has 0 radical (unpaired) electrons. The van der Waals surface area contributed by atoms with Crippen molar-refractivity contribution in [2.45, 2.75) is 19.6 Å². The van der Waals surface area contributed by atoms with Crippen molar-refractivity contribution in [2.75, 3.05) is 20.6 Å². The maximum atomic E-state index is 14.3. The van der Waals surface area contributed by atoms with E-state index in [0.717, 1.165) is 12.1 Å². The molecule has 0 saturated carbocycles. The van der Waals surface area contributed by atoms with Crippen LogP contribution in [0, 0.1) is 6.92 Å². The van der Waals surface area contributed by atoms with Gasteiger partial charge in [0.1, 0.15) is 5.83 Å². The quantitative estimate of drug-likeness (QED) is 0.566. The average molecular weight is 433 g/mol. The molecule has 0 aliphatic heterocycles. The molecule has 164 valence electrons. The van der Waals surface area contributed by atoms with Crippen molar-refractivity contribution in [3.05, 3.63) is 71.2 Å². The molecular weight excluding hydrogens is 410 g/mol. The van der Waals surface area contributed by atoms with Gasteiger partial charge in [0.25, 0.3) is 5.91 Å². The van der Waals surface area contributed by atoms with E-state index in [2.05, 4.69) is 0 Å². The Bertz CT molecular complexity index is 1160. The minimum absolute atomic E-state index is 0.0338. The number of amides is 1. The highest BCUT2D eigenvalue weighted by Crippen LogP contribution is 2.38. The molecule has 0 spiro atoms. The van der Waals surface area contributed by atoms with Crippen LogP contribution in [-0.2, 0) is 12.7 Å². The van der Waals surface area contributed by atoms with E-state index in [9.17, 15) is 22.4 Å². The van der Waals surface area contributed by atoms with Crippen LogP contribution in [0.25, 0.3) is 22.0 Å². The molecule has 0 fully saturated rings. The molecule has 0 unspecified atom stereocenters. The zero-order chi connectivity index (χ0) is 22.9. The monoisotopic (exact) mass is 433 g/mol. The number of benzene rings is 2. The van der Waals surface area contributed by atoms with Gasteiger partial charge >= 0.3 is 6.18 Å². The SMILES string of the molecule is Cc1c(-c2cccc(C(F)(F)F)c2)c2cc(C(=O)N(C)C)ccc2n1C/C(F)=C/CN. The number of aromatic nitrogens is 1. The van der Waals surface area contributed by atoms with Crippen molar-refractivity contribution in [1.82, 2.24) is 9.47 Å². The summed E-state index contributed by atoms with van der Waals surface area (Å²) in [7, 11) is 3.23. The first-order chi connectivity index (χ1) is 14.5. The Morgan fingerprint density at radius 2 is 1.87 bits per heavy atom. The second kappa shape index (κ2) is 8.55. The number of allylic oxidation sites excluding steroid dienone is 1. The Kier molecular flexibility index (Phi) is 6.22. The van der Waals surface area contributed by atoms with Gasteiger partial charge in [0.05, 0.1) is 12.1 Å². The Labute approximate surface area is 177 Å². The van der Waals surface area contributed by atoms with Crippen molar-refractivity contribution >= 4 is 16.8 Å². The standard InChI is InChI=1S/C23H23F4N3O/c1-14-21(15-5-4-6-17(11-15)23(25,26)27)19-12-16(22(31)29(2)3)7-8-20(19)30(14)13-18(24)9-10-28/h4-9,11-12H,10,13,28H2,1-3H3/b18-9-. The number of rotatable bonds is 5. The summed E-state index contributed by atoms with van der Waals surface area (Å²) in [4.78, 5) is 13.9. The average Bonchev–Trinajstić information content (AvgIpc) is 2.97. The third kappa shape index (κ3) is 4.49. The Hall–Kier alpha value is -3.13. The normalized spacial score (nSPS) is 12.5. The van der Waals surface area contributed by atoms with E-state index in [-0.39, 0.29) is 19.0 Å². The Morgan fingerprint density at radius 3 is 2.48 bits per heavy atom. The number of nitrogens with zero attached hydrogens (tertiary/aromatic N) is 2. The summed E-state index contributed by atoms with van der Waals surface area (Å²) in [5.41, 5.74) is 7.07. The highest BCUT2D eigenvalue weighted by Gasteiger charge is 2.31. The number of hydrogen-bond donors (Lipinski definition) is 1. The van der Waals surface area contributed by atoms with Crippen molar-refractivity contribution in [1.29, 1.82) is 0 Å². The van der Waals surface area contributed by atoms with Crippen LogP contribution in [0.4, 0.5) is 17.6 Å². The van der Waals surface area contributed by atoms with E-state index in [1.165, 1.54) is 17.0 Å². The zero-order valence-electron chi connectivity index (χ0n) is 17.4. The lowest BCUT2D eigenvalue weighted by Crippen LogP contribution is -2.21. The number of nitrogens with two attached hydrogens (primary N) is 1. The summed E-state index contributed by atoms with van der Waals surface area (Å²) < 4.78 is 55.9. The molecule has 3 aromatic rings. The van der Waals surface area contributed by atoms with Gasteiger partial charge in [-0.3, -0.25) is 4.79 Å². The molecule has 1 amide bonds. The van der Waals surface area contributed by atoms with Gasteiger partial charge in [-0.05, 0) is 48.9 Å². The molecule has 31 heavy (non-hydrogen) atoms. The lowest BCUT2D eigenvalue weighted by atomic mass is 9.99. The fourth-order valence-electron chi connectivity index (χ4n) is 3.64. The van der Waals surface area contributed by atoms with Crippen LogP contribution in [0.2, 0.25) is 0 Å². The van der Waals surface area contributed by atoms with Crippen molar-refractivity contribution in [3.63, 3.8) is 0 Å². The summed E-state index contributed by atoms with van der Waals surface area (Å²) in [5, 5.41) is 0.574. The number of alkyl halides is 3. The van der Waals surface area contributed by atoms with Gasteiger partial charge in [0.2, 0.25) is 0 Å². The number of carbonyl (C=O) groups excluding carboxylic acids is 1. The van der Waals surface area contributed by atoms with E-state index >= 15 is 0 Å².